The first kappa shape index (κ1) is 50.3. The van der Waals surface area contributed by atoms with Gasteiger partial charge in [-0.05, 0) is 59.7 Å². The van der Waals surface area contributed by atoms with Gasteiger partial charge in [-0.15, -0.1) is 0 Å². The molecular weight excluding hydrogens is 1010 g/mol. The number of hydrogen-bond donors (Lipinski definition) is 4. The predicted octanol–water partition coefficient (Wildman–Crippen LogP) is 5.30. The Morgan fingerprint density at radius 2 is 1.03 bits per heavy atom. The van der Waals surface area contributed by atoms with E-state index in [-0.39, 0.29) is 80.3 Å². The van der Waals surface area contributed by atoms with Crippen molar-refractivity contribution in [2.45, 2.75) is 56.1 Å². The van der Waals surface area contributed by atoms with Crippen molar-refractivity contribution < 1.29 is 28.8 Å². The number of amides is 4. The zero-order valence-corrected chi connectivity index (χ0v) is 40.3. The van der Waals surface area contributed by atoms with Crippen molar-refractivity contribution in [2.24, 2.45) is 5.73 Å². The molecule has 340 valence electrons. The van der Waals surface area contributed by atoms with Gasteiger partial charge in [-0.25, -0.2) is 0 Å². The van der Waals surface area contributed by atoms with Crippen LogP contribution in [0.15, 0.2) is 66.7 Å². The molecule has 2 unspecified atom stereocenters. The molecule has 7 rings (SSSR count). The predicted molar refractivity (Wildman–Crippen MR) is 257 cm³/mol. The van der Waals surface area contributed by atoms with Crippen LogP contribution in [0, 0.1) is 0 Å². The average molecular weight is 1060 g/mol. The summed E-state index contributed by atoms with van der Waals surface area (Å²) in [5.41, 5.74) is 6.53. The first-order valence-corrected chi connectivity index (χ1v) is 24.3. The maximum absolute atomic E-state index is 13.0. The number of alkyl halides is 1. The maximum Gasteiger partial charge on any atom is 0.228 e. The molecule has 5 N–H and O–H groups in total. The summed E-state index contributed by atoms with van der Waals surface area (Å²) in [6.07, 6.45) is 0.585. The second-order valence-corrected chi connectivity index (χ2v) is 17.5. The van der Waals surface area contributed by atoms with E-state index in [1.807, 2.05) is 64.4 Å². The monoisotopic (exact) mass is 1060 g/mol. The highest BCUT2D eigenvalue weighted by Gasteiger charge is 2.46. The van der Waals surface area contributed by atoms with Crippen molar-refractivity contribution >= 4 is 116 Å². The number of nitrogens with zero attached hydrogens (tertiary/aromatic N) is 4. The SMILES string of the molecule is CI.NCC1(CCC(=O)N2CCN(c3cc(Cl)cc(Cl)c3)CC2)NC(=O)CC1=O.O=C1CC(=O)C(CCC(=O)N2CCN(c3cc(Cl)cc(Cl)c3)CC2)(CNCc2ccccc2)N1. The van der Waals surface area contributed by atoms with Crippen LogP contribution < -0.4 is 31.5 Å². The molecule has 4 fully saturated rings. The smallest absolute Gasteiger partial charge is 0.228 e. The normalized spacial score (nSPS) is 21.0. The van der Waals surface area contributed by atoms with Gasteiger partial charge in [-0.1, -0.05) is 99.3 Å². The van der Waals surface area contributed by atoms with E-state index in [1.54, 1.807) is 17.0 Å². The number of carbonyl (C=O) groups is 6. The number of nitrogens with one attached hydrogen (secondary N) is 3. The number of halogens is 5. The van der Waals surface area contributed by atoms with Crippen LogP contribution in [0.25, 0.3) is 0 Å². The van der Waals surface area contributed by atoms with Crippen LogP contribution >= 0.6 is 69.0 Å². The van der Waals surface area contributed by atoms with Crippen molar-refractivity contribution in [3.8, 4) is 0 Å². The Morgan fingerprint density at radius 3 is 1.41 bits per heavy atom. The van der Waals surface area contributed by atoms with Crippen LogP contribution in [0.5, 0.6) is 0 Å². The highest BCUT2D eigenvalue weighted by Crippen LogP contribution is 2.29. The molecule has 4 aliphatic rings. The molecule has 0 aliphatic carbocycles. The Balaban J connectivity index is 0.000000234. The van der Waals surface area contributed by atoms with Gasteiger partial charge >= 0.3 is 0 Å². The summed E-state index contributed by atoms with van der Waals surface area (Å²) in [5, 5.41) is 11.1. The Hall–Kier alpha value is -3.71. The Bertz CT molecular complexity index is 2080. The van der Waals surface area contributed by atoms with Crippen LogP contribution in [0.2, 0.25) is 20.1 Å². The molecule has 14 nitrogen and oxygen atoms in total. The topological polar surface area (TPSA) is 177 Å². The fraction of sp³-hybridized carbons (Fsp3) is 0.455. The van der Waals surface area contributed by atoms with Crippen LogP contribution in [-0.2, 0) is 35.3 Å². The summed E-state index contributed by atoms with van der Waals surface area (Å²) in [4.78, 5) is 83.6. The third-order valence-electron chi connectivity index (χ3n) is 11.6. The Labute approximate surface area is 401 Å². The molecule has 3 aromatic carbocycles. The number of Topliss-reactive ketones (excluding diaryl/α,β-unsaturated/α-hetero) is 2. The molecule has 63 heavy (non-hydrogen) atoms. The van der Waals surface area contributed by atoms with Gasteiger partial charge in [0.1, 0.15) is 11.1 Å². The second-order valence-electron chi connectivity index (χ2n) is 15.7. The lowest BCUT2D eigenvalue weighted by Gasteiger charge is -2.37. The third kappa shape index (κ3) is 13.7. The van der Waals surface area contributed by atoms with E-state index in [4.69, 9.17) is 52.1 Å². The van der Waals surface area contributed by atoms with Crippen LogP contribution in [-0.4, -0.2) is 126 Å². The molecule has 0 aromatic heterocycles. The van der Waals surface area contributed by atoms with Crippen LogP contribution in [0.3, 0.4) is 0 Å². The lowest BCUT2D eigenvalue weighted by molar-refractivity contribution is -0.133. The second kappa shape index (κ2) is 23.5. The molecular formula is C44H53Cl4IN8O6. The van der Waals surface area contributed by atoms with Gasteiger partial charge in [0.2, 0.25) is 23.6 Å². The highest BCUT2D eigenvalue weighted by molar-refractivity contribution is 14.1. The molecule has 19 heteroatoms. The van der Waals surface area contributed by atoms with E-state index in [0.29, 0.717) is 85.5 Å². The fourth-order valence-electron chi connectivity index (χ4n) is 8.14. The number of hydrogen-bond acceptors (Lipinski definition) is 10. The zero-order chi connectivity index (χ0) is 45.7. The van der Waals surface area contributed by atoms with Gasteiger partial charge in [-0.3, -0.25) is 28.8 Å². The molecule has 4 aliphatic heterocycles. The molecule has 4 saturated heterocycles. The largest absolute Gasteiger partial charge is 0.368 e. The molecule has 0 spiro atoms. The van der Waals surface area contributed by atoms with Crippen LogP contribution in [0.4, 0.5) is 11.4 Å². The van der Waals surface area contributed by atoms with E-state index < -0.39 is 11.1 Å². The minimum absolute atomic E-state index is 0.00809. The summed E-state index contributed by atoms with van der Waals surface area (Å²) in [6, 6.07) is 20.7. The van der Waals surface area contributed by atoms with Gasteiger partial charge in [-0.2, -0.15) is 0 Å². The van der Waals surface area contributed by atoms with Crippen molar-refractivity contribution in [1.82, 2.24) is 25.8 Å². The van der Waals surface area contributed by atoms with E-state index in [2.05, 4.69) is 48.3 Å². The molecule has 4 amide bonds. The lowest BCUT2D eigenvalue weighted by Crippen LogP contribution is -2.55. The third-order valence-corrected chi connectivity index (χ3v) is 12.5. The number of piperazine rings is 2. The number of rotatable bonds is 13. The van der Waals surface area contributed by atoms with Crippen molar-refractivity contribution in [3.63, 3.8) is 0 Å². The van der Waals surface area contributed by atoms with Crippen molar-refractivity contribution in [2.75, 3.05) is 80.2 Å². The Kier molecular flexibility index (Phi) is 18.7. The number of carbonyl (C=O) groups excluding carboxylic acids is 6. The van der Waals surface area contributed by atoms with Gasteiger partial charge in [0.15, 0.2) is 11.6 Å². The number of anilines is 2. The minimum atomic E-state index is -1.09. The van der Waals surface area contributed by atoms with Crippen molar-refractivity contribution in [1.29, 1.82) is 0 Å². The highest BCUT2D eigenvalue weighted by atomic mass is 127. The first-order valence-electron chi connectivity index (χ1n) is 20.7. The number of nitrogens with two attached hydrogens (primary N) is 1. The summed E-state index contributed by atoms with van der Waals surface area (Å²) in [5.74, 6) is -1.06. The average Bonchev–Trinajstić information content (AvgIpc) is 3.73. The van der Waals surface area contributed by atoms with Gasteiger partial charge < -0.3 is 41.3 Å². The summed E-state index contributed by atoms with van der Waals surface area (Å²) >= 11 is 26.5. The van der Waals surface area contributed by atoms with E-state index in [1.165, 1.54) is 0 Å². The molecule has 0 saturated carbocycles. The number of benzene rings is 3. The van der Waals surface area contributed by atoms with Gasteiger partial charge in [0, 0.05) is 116 Å². The first-order chi connectivity index (χ1) is 30.2. The molecule has 4 heterocycles. The van der Waals surface area contributed by atoms with Gasteiger partial charge in [0.05, 0.1) is 12.8 Å². The maximum atomic E-state index is 13.0. The lowest BCUT2D eigenvalue weighted by atomic mass is 9.89. The Morgan fingerprint density at radius 1 is 0.635 bits per heavy atom. The summed E-state index contributed by atoms with van der Waals surface area (Å²) < 4.78 is 0. The zero-order valence-electron chi connectivity index (χ0n) is 35.1. The molecule has 0 radical (unpaired) electrons. The van der Waals surface area contributed by atoms with E-state index in [0.717, 1.165) is 16.9 Å². The van der Waals surface area contributed by atoms with E-state index in [9.17, 15) is 28.8 Å². The summed E-state index contributed by atoms with van der Waals surface area (Å²) in [7, 11) is 0. The molecule has 2 atom stereocenters. The fourth-order valence-corrected chi connectivity index (χ4v) is 9.17. The van der Waals surface area contributed by atoms with Crippen molar-refractivity contribution in [3.05, 3.63) is 92.4 Å². The standard InChI is InChI=1S/C25H28Cl2N4O3.C18H22Cl2N4O3.CH3I/c26-19-12-20(27)14-21(13-19)30-8-10-31(11-9-30)24(34)6-7-25(22(32)15-23(33)29-25)17-28-16-18-4-2-1-3-5-18;19-12-7-13(20)9-14(8-12)23-3-5-24(6-4-23)17(27)1-2-18(11-21)15(25)10-16(26)22-18;1-2/h1-5,12-14,28H,6-11,15-17H2,(H,29,33);7-9H,1-6,10-11,21H2,(H,22,26);1H3. The quantitative estimate of drug-likeness (QED) is 0.0999. The van der Waals surface area contributed by atoms with Gasteiger partial charge in [0.25, 0.3) is 0 Å². The molecule has 3 aromatic rings. The minimum Gasteiger partial charge on any atom is -0.368 e. The molecule has 0 bridgehead atoms. The summed E-state index contributed by atoms with van der Waals surface area (Å²) in [6.45, 7) is 5.83. The van der Waals surface area contributed by atoms with E-state index >= 15 is 0 Å². The van der Waals surface area contributed by atoms with Crippen LogP contribution in [0.1, 0.15) is 44.1 Å². The number of ketones is 2.